The molecule has 1 amide bonds. The van der Waals surface area contributed by atoms with E-state index in [4.69, 9.17) is 16.3 Å². The first-order valence-corrected chi connectivity index (χ1v) is 13.8. The van der Waals surface area contributed by atoms with Gasteiger partial charge in [-0.15, -0.1) is 0 Å². The molecule has 38 heavy (non-hydrogen) atoms. The average molecular weight is 549 g/mol. The van der Waals surface area contributed by atoms with Gasteiger partial charge in [-0.2, -0.15) is 0 Å². The molecule has 0 radical (unpaired) electrons. The van der Waals surface area contributed by atoms with Gasteiger partial charge in [0.05, 0.1) is 28.8 Å². The van der Waals surface area contributed by atoms with E-state index in [1.807, 2.05) is 68.4 Å². The number of methoxy groups -OCH3 is 1. The van der Waals surface area contributed by atoms with Gasteiger partial charge in [-0.1, -0.05) is 89.5 Å². The second-order valence-electron chi connectivity index (χ2n) is 8.97. The van der Waals surface area contributed by atoms with Crippen molar-refractivity contribution in [3.8, 4) is 5.75 Å². The van der Waals surface area contributed by atoms with E-state index in [1.54, 1.807) is 24.3 Å². The molecule has 0 saturated heterocycles. The largest absolute Gasteiger partial charge is 0.495 e. The van der Waals surface area contributed by atoms with Crippen molar-refractivity contribution in [1.29, 1.82) is 0 Å². The lowest BCUT2D eigenvalue weighted by Crippen LogP contribution is -2.42. The number of hydrogen-bond donors (Lipinski definition) is 1. The minimum Gasteiger partial charge on any atom is -0.495 e. The van der Waals surface area contributed by atoms with E-state index in [0.717, 1.165) is 26.6 Å². The summed E-state index contributed by atoms with van der Waals surface area (Å²) in [4.78, 5) is 13.6. The Balaban J connectivity index is 1.71. The third-order valence-electron chi connectivity index (χ3n) is 6.13. The Bertz CT molecular complexity index is 1520. The van der Waals surface area contributed by atoms with Crippen LogP contribution in [-0.2, 0) is 14.8 Å². The van der Waals surface area contributed by atoms with Crippen molar-refractivity contribution in [2.45, 2.75) is 24.8 Å². The molecular formula is C30H29ClN2O4S. The molecule has 0 aliphatic heterocycles. The van der Waals surface area contributed by atoms with Gasteiger partial charge in [0.2, 0.25) is 5.91 Å². The van der Waals surface area contributed by atoms with Crippen molar-refractivity contribution >= 4 is 33.2 Å². The minimum atomic E-state index is -4.10. The highest BCUT2D eigenvalue weighted by molar-refractivity contribution is 7.92. The Morgan fingerprint density at radius 3 is 2.18 bits per heavy atom. The number of sulfonamides is 1. The third-order valence-corrected chi connectivity index (χ3v) is 8.22. The first-order valence-electron chi connectivity index (χ1n) is 12.0. The molecule has 0 aliphatic carbocycles. The maximum atomic E-state index is 13.8. The molecule has 4 aromatic rings. The van der Waals surface area contributed by atoms with E-state index in [-0.39, 0.29) is 15.6 Å². The molecule has 0 saturated carbocycles. The SMILES string of the molecule is COc1ccc(N(CC(=O)NC(c2ccccc2)c2cccc(C)c2)S(=O)(=O)c2ccc(C)cc2)cc1Cl. The number of rotatable bonds is 9. The number of ether oxygens (including phenoxy) is 1. The zero-order valence-electron chi connectivity index (χ0n) is 21.4. The normalized spacial score (nSPS) is 12.0. The van der Waals surface area contributed by atoms with Gasteiger partial charge in [-0.05, 0) is 55.3 Å². The number of nitrogens with one attached hydrogen (secondary N) is 1. The fourth-order valence-electron chi connectivity index (χ4n) is 4.15. The predicted molar refractivity (Wildman–Crippen MR) is 151 cm³/mol. The zero-order chi connectivity index (χ0) is 27.3. The van der Waals surface area contributed by atoms with Crippen LogP contribution in [0, 0.1) is 13.8 Å². The Kier molecular flexibility index (Phi) is 8.39. The Morgan fingerprint density at radius 2 is 1.55 bits per heavy atom. The number of hydrogen-bond acceptors (Lipinski definition) is 4. The number of anilines is 1. The monoisotopic (exact) mass is 548 g/mol. The van der Waals surface area contributed by atoms with Gasteiger partial charge in [0.25, 0.3) is 10.0 Å². The number of carbonyl (C=O) groups is 1. The molecule has 0 aromatic heterocycles. The van der Waals surface area contributed by atoms with Crippen LogP contribution in [0.3, 0.4) is 0 Å². The number of aryl methyl sites for hydroxylation is 2. The van der Waals surface area contributed by atoms with Crippen molar-refractivity contribution in [2.75, 3.05) is 18.0 Å². The molecule has 196 valence electrons. The molecule has 0 fully saturated rings. The summed E-state index contributed by atoms with van der Waals surface area (Å²) in [5.74, 6) is -0.0703. The van der Waals surface area contributed by atoms with E-state index in [9.17, 15) is 13.2 Å². The standard InChI is InChI=1S/C30H29ClN2O4S/c1-21-12-15-26(16-13-21)38(35,36)33(25-14-17-28(37-3)27(31)19-25)20-29(34)32-30(23-9-5-4-6-10-23)24-11-7-8-22(2)18-24/h4-19,30H,20H2,1-3H3,(H,32,34). The minimum absolute atomic E-state index is 0.0705. The molecular weight excluding hydrogens is 520 g/mol. The lowest BCUT2D eigenvalue weighted by molar-refractivity contribution is -0.120. The molecule has 6 nitrogen and oxygen atoms in total. The molecule has 1 N–H and O–H groups in total. The molecule has 0 aliphatic rings. The van der Waals surface area contributed by atoms with Crippen molar-refractivity contribution in [3.63, 3.8) is 0 Å². The maximum Gasteiger partial charge on any atom is 0.264 e. The van der Waals surface area contributed by atoms with Crippen LogP contribution in [0.1, 0.15) is 28.3 Å². The lowest BCUT2D eigenvalue weighted by atomic mass is 9.97. The molecule has 8 heteroatoms. The van der Waals surface area contributed by atoms with Gasteiger partial charge in [0.15, 0.2) is 0 Å². The van der Waals surface area contributed by atoms with Crippen LogP contribution in [0.5, 0.6) is 5.75 Å². The van der Waals surface area contributed by atoms with Crippen LogP contribution in [0.4, 0.5) is 5.69 Å². The van der Waals surface area contributed by atoms with Crippen molar-refractivity contribution in [1.82, 2.24) is 5.32 Å². The van der Waals surface area contributed by atoms with Gasteiger partial charge in [-0.3, -0.25) is 9.10 Å². The van der Waals surface area contributed by atoms with Crippen LogP contribution in [0.25, 0.3) is 0 Å². The number of halogens is 1. The first kappa shape index (κ1) is 27.2. The summed E-state index contributed by atoms with van der Waals surface area (Å²) in [5.41, 5.74) is 3.99. The number of amides is 1. The highest BCUT2D eigenvalue weighted by Gasteiger charge is 2.29. The topological polar surface area (TPSA) is 75.7 Å². The van der Waals surface area contributed by atoms with Crippen LogP contribution < -0.4 is 14.4 Å². The van der Waals surface area contributed by atoms with Gasteiger partial charge in [0, 0.05) is 0 Å². The van der Waals surface area contributed by atoms with Crippen LogP contribution in [0.15, 0.2) is 102 Å². The first-order chi connectivity index (χ1) is 18.2. The number of nitrogens with zero attached hydrogens (tertiary/aromatic N) is 1. The summed E-state index contributed by atoms with van der Waals surface area (Å²) in [7, 11) is -2.62. The maximum absolute atomic E-state index is 13.8. The summed E-state index contributed by atoms with van der Waals surface area (Å²) >= 11 is 6.34. The third kappa shape index (κ3) is 6.18. The Labute approximate surface area is 228 Å². The zero-order valence-corrected chi connectivity index (χ0v) is 23.0. The molecule has 0 spiro atoms. The van der Waals surface area contributed by atoms with E-state index in [2.05, 4.69) is 5.32 Å². The quantitative estimate of drug-likeness (QED) is 0.275. The molecule has 1 atom stereocenters. The van der Waals surface area contributed by atoms with Crippen molar-refractivity contribution < 1.29 is 17.9 Å². The summed E-state index contributed by atoms with van der Waals surface area (Å²) in [6.07, 6.45) is 0. The van der Waals surface area contributed by atoms with E-state index >= 15 is 0 Å². The van der Waals surface area contributed by atoms with Crippen LogP contribution in [0.2, 0.25) is 5.02 Å². The molecule has 0 bridgehead atoms. The average Bonchev–Trinajstić information content (AvgIpc) is 2.91. The van der Waals surface area contributed by atoms with Gasteiger partial charge in [-0.25, -0.2) is 8.42 Å². The fraction of sp³-hybridized carbons (Fsp3) is 0.167. The highest BCUT2D eigenvalue weighted by atomic mass is 35.5. The van der Waals surface area contributed by atoms with Crippen LogP contribution >= 0.6 is 11.6 Å². The van der Waals surface area contributed by atoms with E-state index < -0.39 is 28.5 Å². The van der Waals surface area contributed by atoms with Gasteiger partial charge < -0.3 is 10.1 Å². The molecule has 0 heterocycles. The molecule has 4 aromatic carbocycles. The Hall–Kier alpha value is -3.81. The van der Waals surface area contributed by atoms with E-state index in [0.29, 0.717) is 5.75 Å². The van der Waals surface area contributed by atoms with Crippen LogP contribution in [-0.4, -0.2) is 28.0 Å². The molecule has 1 unspecified atom stereocenters. The lowest BCUT2D eigenvalue weighted by Gasteiger charge is -2.26. The smallest absolute Gasteiger partial charge is 0.264 e. The van der Waals surface area contributed by atoms with E-state index in [1.165, 1.54) is 25.3 Å². The summed E-state index contributed by atoms with van der Waals surface area (Å²) in [6.45, 7) is 3.41. The fourth-order valence-corrected chi connectivity index (χ4v) is 5.82. The second kappa shape index (κ2) is 11.7. The Morgan fingerprint density at radius 1 is 0.868 bits per heavy atom. The number of benzene rings is 4. The highest BCUT2D eigenvalue weighted by Crippen LogP contribution is 2.32. The van der Waals surface area contributed by atoms with Crippen molar-refractivity contribution in [3.05, 3.63) is 124 Å². The summed E-state index contributed by atoms with van der Waals surface area (Å²) in [6, 6.07) is 28.1. The van der Waals surface area contributed by atoms with Gasteiger partial charge >= 0.3 is 0 Å². The van der Waals surface area contributed by atoms with Gasteiger partial charge in [0.1, 0.15) is 12.3 Å². The van der Waals surface area contributed by atoms with Crippen molar-refractivity contribution in [2.24, 2.45) is 0 Å². The summed E-state index contributed by atoms with van der Waals surface area (Å²) in [5, 5.41) is 3.28. The number of carbonyl (C=O) groups excluding carboxylic acids is 1. The second-order valence-corrected chi connectivity index (χ2v) is 11.2. The summed E-state index contributed by atoms with van der Waals surface area (Å²) < 4.78 is 33.9. The molecule has 4 rings (SSSR count). The predicted octanol–water partition coefficient (Wildman–Crippen LogP) is 6.07.